The Hall–Kier alpha value is -0.780. The van der Waals surface area contributed by atoms with Gasteiger partial charge in [0.1, 0.15) is 5.82 Å². The van der Waals surface area contributed by atoms with Crippen LogP contribution in [-0.2, 0) is 0 Å². The van der Waals surface area contributed by atoms with E-state index in [2.05, 4.69) is 26.2 Å². The Labute approximate surface area is 106 Å². The fourth-order valence-electron chi connectivity index (χ4n) is 1.60. The topological polar surface area (TPSA) is 24.9 Å². The van der Waals surface area contributed by atoms with Crippen LogP contribution in [-0.4, -0.2) is 12.0 Å². The molecule has 2 aromatic rings. The van der Waals surface area contributed by atoms with Crippen LogP contribution < -0.4 is 5.32 Å². The highest BCUT2D eigenvalue weighted by atomic mass is 79.9. The maximum atomic E-state index is 13.6. The van der Waals surface area contributed by atoms with Crippen LogP contribution in [0, 0.1) is 5.82 Å². The third-order valence-electron chi connectivity index (χ3n) is 2.36. The van der Waals surface area contributed by atoms with Crippen LogP contribution in [0.15, 0.2) is 33.7 Å². The van der Waals surface area contributed by atoms with E-state index in [4.69, 9.17) is 0 Å². The van der Waals surface area contributed by atoms with Gasteiger partial charge < -0.3 is 5.32 Å². The van der Waals surface area contributed by atoms with Crippen LogP contribution in [0.3, 0.4) is 0 Å². The fraction of sp³-hybridized carbons (Fsp3) is 0.182. The molecule has 0 amide bonds. The minimum absolute atomic E-state index is 0.149. The van der Waals surface area contributed by atoms with Gasteiger partial charge in [0.25, 0.3) is 0 Å². The van der Waals surface area contributed by atoms with Crippen LogP contribution in [0.5, 0.6) is 0 Å². The SMILES string of the molecule is CNC(c1ccncc1F)c1cscc1Br. The summed E-state index contributed by atoms with van der Waals surface area (Å²) in [5.74, 6) is -0.292. The van der Waals surface area contributed by atoms with Gasteiger partial charge in [-0.15, -0.1) is 0 Å². The van der Waals surface area contributed by atoms with E-state index in [9.17, 15) is 4.39 Å². The molecule has 0 saturated carbocycles. The zero-order valence-electron chi connectivity index (χ0n) is 8.58. The molecule has 0 fully saturated rings. The molecule has 1 atom stereocenters. The summed E-state index contributed by atoms with van der Waals surface area (Å²) >= 11 is 5.05. The van der Waals surface area contributed by atoms with Gasteiger partial charge >= 0.3 is 0 Å². The largest absolute Gasteiger partial charge is 0.309 e. The first-order chi connectivity index (χ1) is 7.74. The first-order valence-corrected chi connectivity index (χ1v) is 6.46. The summed E-state index contributed by atoms with van der Waals surface area (Å²) in [5.41, 5.74) is 1.65. The number of nitrogens with zero attached hydrogens (tertiary/aromatic N) is 1. The van der Waals surface area contributed by atoms with Gasteiger partial charge in [-0.2, -0.15) is 11.3 Å². The highest BCUT2D eigenvalue weighted by molar-refractivity contribution is 9.10. The number of nitrogens with one attached hydrogen (secondary N) is 1. The highest BCUT2D eigenvalue weighted by Gasteiger charge is 2.18. The van der Waals surface area contributed by atoms with Gasteiger partial charge in [0.2, 0.25) is 0 Å². The van der Waals surface area contributed by atoms with Gasteiger partial charge in [-0.1, -0.05) is 0 Å². The molecule has 16 heavy (non-hydrogen) atoms. The van der Waals surface area contributed by atoms with Crippen LogP contribution in [0.2, 0.25) is 0 Å². The summed E-state index contributed by atoms with van der Waals surface area (Å²) in [6.45, 7) is 0. The predicted molar refractivity (Wildman–Crippen MR) is 67.1 cm³/mol. The second-order valence-corrected chi connectivity index (χ2v) is 4.89. The Morgan fingerprint density at radius 3 is 2.81 bits per heavy atom. The Morgan fingerprint density at radius 2 is 2.25 bits per heavy atom. The Morgan fingerprint density at radius 1 is 1.44 bits per heavy atom. The lowest BCUT2D eigenvalue weighted by molar-refractivity contribution is 0.570. The number of rotatable bonds is 3. The molecule has 0 radical (unpaired) electrons. The van der Waals surface area contributed by atoms with E-state index in [1.807, 2.05) is 17.8 Å². The molecule has 2 rings (SSSR count). The zero-order chi connectivity index (χ0) is 11.5. The molecule has 2 heterocycles. The summed E-state index contributed by atoms with van der Waals surface area (Å²) in [4.78, 5) is 3.75. The van der Waals surface area contributed by atoms with Crippen molar-refractivity contribution in [3.05, 3.63) is 50.6 Å². The van der Waals surface area contributed by atoms with Crippen LogP contribution in [0.25, 0.3) is 0 Å². The van der Waals surface area contributed by atoms with Crippen LogP contribution in [0.4, 0.5) is 4.39 Å². The molecule has 0 aliphatic rings. The molecule has 2 nitrogen and oxygen atoms in total. The van der Waals surface area contributed by atoms with E-state index in [1.165, 1.54) is 6.20 Å². The molecule has 5 heteroatoms. The Bertz CT molecular complexity index is 486. The molecular weight excluding hydrogens is 291 g/mol. The number of hydrogen-bond acceptors (Lipinski definition) is 3. The fourth-order valence-corrected chi connectivity index (χ4v) is 3.15. The summed E-state index contributed by atoms with van der Waals surface area (Å²) < 4.78 is 14.6. The van der Waals surface area contributed by atoms with Crippen molar-refractivity contribution < 1.29 is 4.39 Å². The quantitative estimate of drug-likeness (QED) is 0.940. The Balaban J connectivity index is 2.45. The smallest absolute Gasteiger partial charge is 0.146 e. The molecule has 1 unspecified atom stereocenters. The number of hydrogen-bond donors (Lipinski definition) is 1. The monoisotopic (exact) mass is 300 g/mol. The third-order valence-corrected chi connectivity index (χ3v) is 4.11. The molecule has 0 aliphatic carbocycles. The molecule has 1 N–H and O–H groups in total. The average Bonchev–Trinajstić information content (AvgIpc) is 2.69. The van der Waals surface area contributed by atoms with Crippen LogP contribution >= 0.6 is 27.3 Å². The third kappa shape index (κ3) is 2.16. The van der Waals surface area contributed by atoms with E-state index in [0.717, 1.165) is 10.0 Å². The van der Waals surface area contributed by atoms with Gasteiger partial charge in [0, 0.05) is 21.6 Å². The number of thiophene rings is 1. The molecule has 0 aromatic carbocycles. The van der Waals surface area contributed by atoms with Crippen molar-refractivity contribution in [2.45, 2.75) is 6.04 Å². The van der Waals surface area contributed by atoms with Gasteiger partial charge in [0.15, 0.2) is 0 Å². The molecule has 0 aliphatic heterocycles. The summed E-state index contributed by atoms with van der Waals surface area (Å²) in [5, 5.41) is 7.10. The number of pyridine rings is 1. The first-order valence-electron chi connectivity index (χ1n) is 4.72. The second-order valence-electron chi connectivity index (χ2n) is 3.29. The zero-order valence-corrected chi connectivity index (χ0v) is 11.0. The van der Waals surface area contributed by atoms with Crippen molar-refractivity contribution in [3.63, 3.8) is 0 Å². The van der Waals surface area contributed by atoms with E-state index in [1.54, 1.807) is 23.6 Å². The highest BCUT2D eigenvalue weighted by Crippen LogP contribution is 2.32. The van der Waals surface area contributed by atoms with E-state index < -0.39 is 0 Å². The molecule has 0 saturated heterocycles. The Kier molecular flexibility index (Phi) is 3.68. The van der Waals surface area contributed by atoms with Gasteiger partial charge in [0.05, 0.1) is 12.2 Å². The van der Waals surface area contributed by atoms with Crippen molar-refractivity contribution in [2.75, 3.05) is 7.05 Å². The average molecular weight is 301 g/mol. The summed E-state index contributed by atoms with van der Waals surface area (Å²) in [7, 11) is 1.81. The second kappa shape index (κ2) is 5.03. The van der Waals surface area contributed by atoms with E-state index >= 15 is 0 Å². The number of halogens is 2. The van der Waals surface area contributed by atoms with Crippen LogP contribution in [0.1, 0.15) is 17.2 Å². The standard InChI is InChI=1S/C11H10BrFN2S/c1-14-11(8-5-16-6-9(8)12)7-2-3-15-4-10(7)13/h2-6,11,14H,1H3. The van der Waals surface area contributed by atoms with E-state index in [0.29, 0.717) is 5.56 Å². The molecule has 2 aromatic heterocycles. The van der Waals surface area contributed by atoms with Crippen molar-refractivity contribution in [2.24, 2.45) is 0 Å². The molecule has 84 valence electrons. The lowest BCUT2D eigenvalue weighted by atomic mass is 10.0. The summed E-state index contributed by atoms with van der Waals surface area (Å²) in [6, 6.07) is 1.55. The summed E-state index contributed by atoms with van der Waals surface area (Å²) in [6.07, 6.45) is 2.84. The first kappa shape index (κ1) is 11.7. The van der Waals surface area contributed by atoms with Gasteiger partial charge in [-0.3, -0.25) is 4.98 Å². The molecule has 0 spiro atoms. The van der Waals surface area contributed by atoms with Crippen molar-refractivity contribution >= 4 is 27.3 Å². The normalized spacial score (nSPS) is 12.7. The maximum Gasteiger partial charge on any atom is 0.146 e. The van der Waals surface area contributed by atoms with Crippen molar-refractivity contribution in [1.82, 2.24) is 10.3 Å². The minimum atomic E-state index is -0.292. The van der Waals surface area contributed by atoms with Gasteiger partial charge in [-0.25, -0.2) is 4.39 Å². The van der Waals surface area contributed by atoms with E-state index in [-0.39, 0.29) is 11.9 Å². The molecular formula is C11H10BrFN2S. The molecule has 0 bridgehead atoms. The van der Waals surface area contributed by atoms with Crippen molar-refractivity contribution in [1.29, 1.82) is 0 Å². The lowest BCUT2D eigenvalue weighted by Gasteiger charge is -2.16. The maximum absolute atomic E-state index is 13.6. The number of aromatic nitrogens is 1. The van der Waals surface area contributed by atoms with Crippen molar-refractivity contribution in [3.8, 4) is 0 Å². The lowest BCUT2D eigenvalue weighted by Crippen LogP contribution is -2.18. The van der Waals surface area contributed by atoms with Gasteiger partial charge in [-0.05, 0) is 40.0 Å². The predicted octanol–water partition coefficient (Wildman–Crippen LogP) is 3.35. The minimum Gasteiger partial charge on any atom is -0.309 e.